The van der Waals surface area contributed by atoms with Gasteiger partial charge in [0.1, 0.15) is 5.75 Å². The first kappa shape index (κ1) is 23.2. The zero-order chi connectivity index (χ0) is 23.9. The minimum Gasteiger partial charge on any atom is -0.496 e. The van der Waals surface area contributed by atoms with E-state index < -0.39 is 0 Å². The van der Waals surface area contributed by atoms with Crippen molar-refractivity contribution < 1.29 is 14.3 Å². The Morgan fingerprint density at radius 2 is 1.61 bits per heavy atom. The monoisotopic (exact) mass is 465 g/mol. The Kier molecular flexibility index (Phi) is 6.43. The summed E-state index contributed by atoms with van der Waals surface area (Å²) in [6, 6.07) is 11.2. The first-order chi connectivity index (χ1) is 15.7. The molecule has 0 aliphatic carbocycles. The van der Waals surface area contributed by atoms with Gasteiger partial charge in [-0.1, -0.05) is 6.07 Å². The van der Waals surface area contributed by atoms with Crippen molar-refractivity contribution in [2.75, 3.05) is 30.0 Å². The maximum atomic E-state index is 12.0. The molecule has 0 bridgehead atoms. The lowest BCUT2D eigenvalue weighted by molar-refractivity contribution is -0.115. The summed E-state index contributed by atoms with van der Waals surface area (Å²) >= 11 is 0.926. The standard InChI is InChI=1S/C26H31N3O3S/c1-15(2)28-9-10-29(16(3)4)22-14-19(17(5)11-21(22)28)20-12-18(7-8-23(20)32-6)13-24-25(30)27-26(31)33-24/h7-8,11-16H,9-10H2,1-6H3,(H,27,30,31)/b24-13-. The molecule has 174 valence electrons. The maximum Gasteiger partial charge on any atom is 0.290 e. The number of imide groups is 1. The normalized spacial score (nSPS) is 17.3. The molecule has 2 aliphatic rings. The van der Waals surface area contributed by atoms with Gasteiger partial charge >= 0.3 is 0 Å². The number of hydrogen-bond acceptors (Lipinski definition) is 6. The first-order valence-electron chi connectivity index (χ1n) is 11.3. The molecule has 2 heterocycles. The number of benzene rings is 2. The summed E-state index contributed by atoms with van der Waals surface area (Å²) < 4.78 is 5.71. The second kappa shape index (κ2) is 9.14. The molecule has 0 aromatic heterocycles. The molecule has 0 atom stereocenters. The average molecular weight is 466 g/mol. The van der Waals surface area contributed by atoms with E-state index in [0.29, 0.717) is 17.0 Å². The summed E-state index contributed by atoms with van der Waals surface area (Å²) in [5.74, 6) is 0.418. The van der Waals surface area contributed by atoms with Crippen LogP contribution >= 0.6 is 11.8 Å². The van der Waals surface area contributed by atoms with Gasteiger partial charge < -0.3 is 14.5 Å². The highest BCUT2D eigenvalue weighted by Crippen LogP contribution is 2.43. The first-order valence-corrected chi connectivity index (χ1v) is 12.1. The van der Waals surface area contributed by atoms with E-state index in [2.05, 4.69) is 61.9 Å². The number of rotatable bonds is 5. The quantitative estimate of drug-likeness (QED) is 0.594. The van der Waals surface area contributed by atoms with Gasteiger partial charge in [-0.15, -0.1) is 0 Å². The number of nitrogens with zero attached hydrogens (tertiary/aromatic N) is 2. The molecule has 33 heavy (non-hydrogen) atoms. The van der Waals surface area contributed by atoms with Gasteiger partial charge in [0.2, 0.25) is 0 Å². The van der Waals surface area contributed by atoms with Gasteiger partial charge in [0.25, 0.3) is 11.1 Å². The number of nitrogens with one attached hydrogen (secondary N) is 1. The average Bonchev–Trinajstić information content (AvgIpc) is 3.08. The summed E-state index contributed by atoms with van der Waals surface area (Å²) in [6.07, 6.45) is 1.75. The van der Waals surface area contributed by atoms with Crippen LogP contribution in [0.15, 0.2) is 35.2 Å². The number of anilines is 2. The molecule has 6 nitrogen and oxygen atoms in total. The van der Waals surface area contributed by atoms with Gasteiger partial charge in [-0.25, -0.2) is 0 Å². The van der Waals surface area contributed by atoms with Crippen LogP contribution in [-0.2, 0) is 4.79 Å². The Hall–Kier alpha value is -2.93. The number of thioether (sulfide) groups is 1. The third-order valence-electron chi connectivity index (χ3n) is 6.22. The zero-order valence-corrected chi connectivity index (χ0v) is 20.9. The molecule has 1 N–H and O–H groups in total. The number of carbonyl (C=O) groups excluding carboxylic acids is 2. The predicted octanol–water partition coefficient (Wildman–Crippen LogP) is 5.44. The topological polar surface area (TPSA) is 61.9 Å². The number of hydrogen-bond donors (Lipinski definition) is 1. The van der Waals surface area contributed by atoms with Gasteiger partial charge in [-0.05, 0) is 93.4 Å². The number of methoxy groups -OCH3 is 1. The lowest BCUT2D eigenvalue weighted by Gasteiger charge is -2.43. The number of aryl methyl sites for hydroxylation is 1. The molecule has 2 aromatic carbocycles. The Bertz CT molecular complexity index is 1140. The van der Waals surface area contributed by atoms with Crippen molar-refractivity contribution in [3.63, 3.8) is 0 Å². The van der Waals surface area contributed by atoms with Crippen LogP contribution in [0.25, 0.3) is 17.2 Å². The highest BCUT2D eigenvalue weighted by atomic mass is 32.2. The molecule has 7 heteroatoms. The van der Waals surface area contributed by atoms with Gasteiger partial charge in [0, 0.05) is 30.7 Å². The Morgan fingerprint density at radius 3 is 2.15 bits per heavy atom. The van der Waals surface area contributed by atoms with E-state index in [4.69, 9.17) is 4.74 Å². The summed E-state index contributed by atoms with van der Waals surface area (Å²) in [6.45, 7) is 13.0. The summed E-state index contributed by atoms with van der Waals surface area (Å²) in [4.78, 5) is 28.9. The van der Waals surface area contributed by atoms with Crippen molar-refractivity contribution in [1.82, 2.24) is 5.32 Å². The van der Waals surface area contributed by atoms with Gasteiger partial charge in [-0.2, -0.15) is 0 Å². The van der Waals surface area contributed by atoms with E-state index in [9.17, 15) is 9.59 Å². The molecule has 2 aliphatic heterocycles. The predicted molar refractivity (Wildman–Crippen MR) is 137 cm³/mol. The molecular formula is C26H31N3O3S. The van der Waals surface area contributed by atoms with Crippen LogP contribution < -0.4 is 19.9 Å². The summed E-state index contributed by atoms with van der Waals surface area (Å²) in [7, 11) is 1.67. The van der Waals surface area contributed by atoms with Crippen LogP contribution in [0.3, 0.4) is 0 Å². The minimum atomic E-state index is -0.353. The van der Waals surface area contributed by atoms with Crippen molar-refractivity contribution in [1.29, 1.82) is 0 Å². The Balaban J connectivity index is 1.85. The largest absolute Gasteiger partial charge is 0.496 e. The summed E-state index contributed by atoms with van der Waals surface area (Å²) in [5.41, 5.74) is 6.57. The van der Waals surface area contributed by atoms with Crippen molar-refractivity contribution in [2.45, 2.75) is 46.7 Å². The molecule has 4 rings (SSSR count). The van der Waals surface area contributed by atoms with Crippen LogP contribution in [0, 0.1) is 6.92 Å². The molecule has 2 amide bonds. The third kappa shape index (κ3) is 4.47. The zero-order valence-electron chi connectivity index (χ0n) is 20.1. The van der Waals surface area contributed by atoms with Gasteiger partial charge in [0.05, 0.1) is 23.4 Å². The molecule has 0 unspecified atom stereocenters. The van der Waals surface area contributed by atoms with Crippen LogP contribution in [-0.4, -0.2) is 43.4 Å². The van der Waals surface area contributed by atoms with Crippen molar-refractivity contribution in [3.05, 3.63) is 46.4 Å². The number of amides is 2. The van der Waals surface area contributed by atoms with Crippen LogP contribution in [0.4, 0.5) is 16.2 Å². The number of ether oxygens (including phenoxy) is 1. The summed E-state index contributed by atoms with van der Waals surface area (Å²) in [5, 5.41) is 1.97. The van der Waals surface area contributed by atoms with E-state index in [-0.39, 0.29) is 11.1 Å². The van der Waals surface area contributed by atoms with Crippen molar-refractivity contribution in [3.8, 4) is 16.9 Å². The van der Waals surface area contributed by atoms with Crippen LogP contribution in [0.2, 0.25) is 0 Å². The second-order valence-electron chi connectivity index (χ2n) is 9.04. The van der Waals surface area contributed by atoms with E-state index in [1.54, 1.807) is 13.2 Å². The van der Waals surface area contributed by atoms with E-state index >= 15 is 0 Å². The van der Waals surface area contributed by atoms with Crippen molar-refractivity contribution >= 4 is 40.4 Å². The fourth-order valence-electron chi connectivity index (χ4n) is 4.56. The van der Waals surface area contributed by atoms with Crippen LogP contribution in [0.1, 0.15) is 38.8 Å². The van der Waals surface area contributed by atoms with Gasteiger partial charge in [0.15, 0.2) is 0 Å². The highest BCUT2D eigenvalue weighted by Gasteiger charge is 2.28. The number of fused-ring (bicyclic) bond motifs is 1. The Morgan fingerprint density at radius 1 is 0.970 bits per heavy atom. The molecule has 1 saturated heterocycles. The number of carbonyl (C=O) groups is 2. The maximum absolute atomic E-state index is 12.0. The van der Waals surface area contributed by atoms with Crippen LogP contribution in [0.5, 0.6) is 5.75 Å². The van der Waals surface area contributed by atoms with E-state index in [1.165, 1.54) is 11.4 Å². The van der Waals surface area contributed by atoms with E-state index in [1.807, 2.05) is 18.2 Å². The molecule has 1 fully saturated rings. The molecule has 0 radical (unpaired) electrons. The molecular weight excluding hydrogens is 434 g/mol. The lowest BCUT2D eigenvalue weighted by atomic mass is 9.94. The third-order valence-corrected chi connectivity index (χ3v) is 7.03. The van der Waals surface area contributed by atoms with E-state index in [0.717, 1.165) is 52.9 Å². The second-order valence-corrected chi connectivity index (χ2v) is 10.1. The lowest BCUT2D eigenvalue weighted by Crippen LogP contribution is -2.46. The molecule has 2 aromatic rings. The van der Waals surface area contributed by atoms with Gasteiger partial charge in [-0.3, -0.25) is 14.9 Å². The highest BCUT2D eigenvalue weighted by molar-refractivity contribution is 8.18. The SMILES string of the molecule is COc1ccc(/C=C2\SC(=O)NC2=O)cc1-c1cc2c(cc1C)N(C(C)C)CCN2C(C)C. The fourth-order valence-corrected chi connectivity index (χ4v) is 5.24. The minimum absolute atomic E-state index is 0.339. The van der Waals surface area contributed by atoms with Crippen molar-refractivity contribution in [2.24, 2.45) is 0 Å². The fraction of sp³-hybridized carbons (Fsp3) is 0.385. The smallest absolute Gasteiger partial charge is 0.290 e. The Labute approximate surface area is 200 Å². The molecule has 0 spiro atoms. The molecule has 0 saturated carbocycles.